The van der Waals surface area contributed by atoms with Crippen molar-refractivity contribution in [1.29, 1.82) is 0 Å². The number of fused-ring (bicyclic) bond motifs is 1. The molecule has 0 aliphatic rings. The van der Waals surface area contributed by atoms with Crippen molar-refractivity contribution in [2.45, 2.75) is 20.0 Å². The van der Waals surface area contributed by atoms with E-state index in [1.54, 1.807) is 0 Å². The molecule has 0 unspecified atom stereocenters. The van der Waals surface area contributed by atoms with Crippen LogP contribution in [0.15, 0.2) is 84.1 Å². The molecule has 5 nitrogen and oxygen atoms in total. The first-order chi connectivity index (χ1) is 13.7. The molecule has 0 atom stereocenters. The van der Waals surface area contributed by atoms with Crippen LogP contribution in [0.5, 0.6) is 0 Å². The average Bonchev–Trinajstić information content (AvgIpc) is 3.10. The van der Waals surface area contributed by atoms with Gasteiger partial charge in [0.25, 0.3) is 0 Å². The molecule has 3 aromatic carbocycles. The van der Waals surface area contributed by atoms with E-state index in [0.717, 1.165) is 28.8 Å². The van der Waals surface area contributed by atoms with Crippen LogP contribution in [-0.2, 0) is 13.1 Å². The Kier molecular flexibility index (Phi) is 5.06. The van der Waals surface area contributed by atoms with Gasteiger partial charge in [-0.15, -0.1) is 0 Å². The Balaban J connectivity index is 1.39. The maximum absolute atomic E-state index is 6.01. The summed E-state index contributed by atoms with van der Waals surface area (Å²) in [5.41, 5.74) is 12.6. The van der Waals surface area contributed by atoms with E-state index >= 15 is 0 Å². The molecule has 1 aromatic heterocycles. The molecule has 28 heavy (non-hydrogen) atoms. The Morgan fingerprint density at radius 2 is 1.79 bits per heavy atom. The number of para-hydroxylation sites is 2. The summed E-state index contributed by atoms with van der Waals surface area (Å²) in [6, 6.07) is 24.7. The van der Waals surface area contributed by atoms with E-state index in [-0.39, 0.29) is 0 Å². The Hall–Kier alpha value is -3.60. The fourth-order valence-electron chi connectivity index (χ4n) is 3.17. The zero-order chi connectivity index (χ0) is 19.3. The van der Waals surface area contributed by atoms with Gasteiger partial charge in [0.15, 0.2) is 5.96 Å². The summed E-state index contributed by atoms with van der Waals surface area (Å²) < 4.78 is 2.16. The van der Waals surface area contributed by atoms with Gasteiger partial charge in [0, 0.05) is 12.2 Å². The van der Waals surface area contributed by atoms with Crippen LogP contribution in [0, 0.1) is 6.92 Å². The highest BCUT2D eigenvalue weighted by Crippen LogP contribution is 2.15. The van der Waals surface area contributed by atoms with Gasteiger partial charge < -0.3 is 15.6 Å². The third-order valence-corrected chi connectivity index (χ3v) is 4.63. The van der Waals surface area contributed by atoms with Crippen LogP contribution in [0.25, 0.3) is 11.0 Å². The van der Waals surface area contributed by atoms with Gasteiger partial charge in [-0.05, 0) is 47.9 Å². The van der Waals surface area contributed by atoms with Gasteiger partial charge in [-0.2, -0.15) is 0 Å². The number of nitrogens with zero attached hydrogens (tertiary/aromatic N) is 3. The molecule has 0 saturated heterocycles. The van der Waals surface area contributed by atoms with Crippen LogP contribution < -0.4 is 11.1 Å². The molecule has 1 heterocycles. The maximum Gasteiger partial charge on any atom is 0.193 e. The highest BCUT2D eigenvalue weighted by molar-refractivity contribution is 5.92. The summed E-state index contributed by atoms with van der Waals surface area (Å²) >= 11 is 0. The number of hydrogen-bond acceptors (Lipinski definition) is 2. The second-order valence-corrected chi connectivity index (χ2v) is 6.87. The van der Waals surface area contributed by atoms with E-state index in [0.29, 0.717) is 12.5 Å². The number of aryl methyl sites for hydroxylation is 1. The van der Waals surface area contributed by atoms with E-state index in [4.69, 9.17) is 5.73 Å². The molecule has 0 fully saturated rings. The minimum absolute atomic E-state index is 0.416. The lowest BCUT2D eigenvalue weighted by molar-refractivity contribution is 0.823. The van der Waals surface area contributed by atoms with Crippen LogP contribution >= 0.6 is 0 Å². The molecule has 5 heteroatoms. The molecule has 0 aliphatic carbocycles. The van der Waals surface area contributed by atoms with E-state index in [9.17, 15) is 0 Å². The zero-order valence-electron chi connectivity index (χ0n) is 15.8. The molecular weight excluding hydrogens is 346 g/mol. The molecule has 0 amide bonds. The van der Waals surface area contributed by atoms with Gasteiger partial charge in [-0.25, -0.2) is 9.98 Å². The summed E-state index contributed by atoms with van der Waals surface area (Å²) in [6.45, 7) is 3.38. The number of imidazole rings is 1. The van der Waals surface area contributed by atoms with Crippen molar-refractivity contribution in [3.63, 3.8) is 0 Å². The van der Waals surface area contributed by atoms with Gasteiger partial charge in [0.2, 0.25) is 0 Å². The summed E-state index contributed by atoms with van der Waals surface area (Å²) in [7, 11) is 0. The van der Waals surface area contributed by atoms with Crippen LogP contribution in [0.2, 0.25) is 0 Å². The lowest BCUT2D eigenvalue weighted by atomic mass is 10.1. The van der Waals surface area contributed by atoms with Crippen molar-refractivity contribution >= 4 is 22.7 Å². The Morgan fingerprint density at radius 3 is 2.61 bits per heavy atom. The first kappa shape index (κ1) is 17.8. The second kappa shape index (κ2) is 7.96. The van der Waals surface area contributed by atoms with Crippen molar-refractivity contribution in [1.82, 2.24) is 9.55 Å². The molecule has 4 rings (SSSR count). The first-order valence-electron chi connectivity index (χ1n) is 9.29. The number of rotatable bonds is 5. The minimum Gasteiger partial charge on any atom is -0.370 e. The van der Waals surface area contributed by atoms with Crippen LogP contribution in [0.4, 0.5) is 5.69 Å². The number of aliphatic imine (C=N–C) groups is 1. The summed E-state index contributed by atoms with van der Waals surface area (Å²) in [5.74, 6) is 0.416. The predicted molar refractivity (Wildman–Crippen MR) is 115 cm³/mol. The molecule has 0 aliphatic heterocycles. The van der Waals surface area contributed by atoms with Gasteiger partial charge in [0.05, 0.1) is 23.9 Å². The van der Waals surface area contributed by atoms with Gasteiger partial charge in [-0.1, -0.05) is 48.5 Å². The second-order valence-electron chi connectivity index (χ2n) is 6.87. The number of aromatic nitrogens is 2. The molecule has 4 aromatic rings. The predicted octanol–water partition coefficient (Wildman–Crippen LogP) is 4.32. The Morgan fingerprint density at radius 1 is 1.00 bits per heavy atom. The lowest BCUT2D eigenvalue weighted by Gasteiger charge is -2.07. The molecule has 0 radical (unpaired) electrons. The number of guanidine groups is 1. The maximum atomic E-state index is 6.01. The largest absolute Gasteiger partial charge is 0.370 e. The smallest absolute Gasteiger partial charge is 0.193 e. The highest BCUT2D eigenvalue weighted by atomic mass is 15.1. The monoisotopic (exact) mass is 369 g/mol. The molecule has 0 saturated carbocycles. The normalized spacial score (nSPS) is 11.7. The van der Waals surface area contributed by atoms with E-state index in [1.807, 2.05) is 55.7 Å². The van der Waals surface area contributed by atoms with Crippen molar-refractivity contribution in [2.75, 3.05) is 5.32 Å². The lowest BCUT2D eigenvalue weighted by Crippen LogP contribution is -2.22. The fraction of sp³-hybridized carbons (Fsp3) is 0.130. The topological polar surface area (TPSA) is 68.2 Å². The van der Waals surface area contributed by atoms with E-state index < -0.39 is 0 Å². The molecule has 140 valence electrons. The van der Waals surface area contributed by atoms with Crippen molar-refractivity contribution in [3.8, 4) is 0 Å². The summed E-state index contributed by atoms with van der Waals surface area (Å²) in [5, 5.41) is 3.13. The molecule has 0 bridgehead atoms. The quantitative estimate of drug-likeness (QED) is 0.407. The van der Waals surface area contributed by atoms with Gasteiger partial charge in [0.1, 0.15) is 0 Å². The van der Waals surface area contributed by atoms with Crippen molar-refractivity contribution in [3.05, 3.63) is 95.8 Å². The van der Waals surface area contributed by atoms with Crippen molar-refractivity contribution in [2.24, 2.45) is 10.7 Å². The highest BCUT2D eigenvalue weighted by Gasteiger charge is 2.03. The summed E-state index contributed by atoms with van der Waals surface area (Å²) in [4.78, 5) is 8.88. The third kappa shape index (κ3) is 4.20. The zero-order valence-corrected chi connectivity index (χ0v) is 15.8. The van der Waals surface area contributed by atoms with E-state index in [2.05, 4.69) is 50.2 Å². The van der Waals surface area contributed by atoms with Gasteiger partial charge in [-0.3, -0.25) is 0 Å². The van der Waals surface area contributed by atoms with Crippen LogP contribution in [0.1, 0.15) is 16.7 Å². The molecular formula is C23H23N5. The van der Waals surface area contributed by atoms with Crippen molar-refractivity contribution < 1.29 is 0 Å². The number of nitrogens with one attached hydrogen (secondary N) is 1. The average molecular weight is 369 g/mol. The van der Waals surface area contributed by atoms with Crippen LogP contribution in [0.3, 0.4) is 0 Å². The molecule has 3 N–H and O–H groups in total. The Bertz CT molecular complexity index is 1110. The van der Waals surface area contributed by atoms with Crippen LogP contribution in [-0.4, -0.2) is 15.5 Å². The number of hydrogen-bond donors (Lipinski definition) is 2. The SMILES string of the molecule is Cc1cccc(NC(N)=NCc2ccc(Cn3cnc4ccccc43)cc2)c1. The third-order valence-electron chi connectivity index (χ3n) is 4.63. The number of nitrogens with two attached hydrogens (primary N) is 1. The first-order valence-corrected chi connectivity index (χ1v) is 9.29. The summed E-state index contributed by atoms with van der Waals surface area (Å²) in [6.07, 6.45) is 1.89. The number of anilines is 1. The van der Waals surface area contributed by atoms with Gasteiger partial charge >= 0.3 is 0 Å². The minimum atomic E-state index is 0.416. The molecule has 0 spiro atoms. The standard InChI is InChI=1S/C23H23N5/c1-17-5-4-6-20(13-17)27-23(24)25-14-18-9-11-19(12-10-18)15-28-16-26-21-7-2-3-8-22(21)28/h2-13,16H,14-15H2,1H3,(H3,24,25,27). The fourth-order valence-corrected chi connectivity index (χ4v) is 3.17. The number of benzene rings is 3. The Labute approximate surface area is 164 Å². The van der Waals surface area contributed by atoms with E-state index in [1.165, 1.54) is 11.1 Å².